The van der Waals surface area contributed by atoms with Gasteiger partial charge in [0.2, 0.25) is 0 Å². The quantitative estimate of drug-likeness (QED) is 0.693. The Kier molecular flexibility index (Phi) is 5.96. The summed E-state index contributed by atoms with van der Waals surface area (Å²) in [7, 11) is 0. The van der Waals surface area contributed by atoms with Crippen molar-refractivity contribution in [3.8, 4) is 5.69 Å². The number of carbonyl (C=O) groups is 1. The number of nitrogens with zero attached hydrogens (tertiary/aromatic N) is 6. The molecule has 1 N–H and O–H groups in total. The van der Waals surface area contributed by atoms with Gasteiger partial charge in [-0.3, -0.25) is 4.90 Å². The van der Waals surface area contributed by atoms with Gasteiger partial charge in [0.05, 0.1) is 12.2 Å². The van der Waals surface area contributed by atoms with E-state index in [1.165, 1.54) is 0 Å². The molecule has 1 aromatic heterocycles. The maximum atomic E-state index is 12.6. The molecule has 9 heteroatoms. The standard InChI is InChI=1S/C21H24ClN7O/c1-15-11-16(2)13-18(12-15)23-21(30)28-9-7-27(8-10-28)14-20-24-25-26-29(20)19-5-3-17(22)4-6-19/h3-6,11-13H,7-10,14H2,1-2H3,(H,23,30). The van der Waals surface area contributed by atoms with Gasteiger partial charge in [-0.15, -0.1) is 5.10 Å². The molecule has 1 fully saturated rings. The van der Waals surface area contributed by atoms with Gasteiger partial charge in [-0.25, -0.2) is 4.79 Å². The number of aromatic nitrogens is 4. The second-order valence-corrected chi connectivity index (χ2v) is 7.99. The molecular formula is C21H24ClN7O. The summed E-state index contributed by atoms with van der Waals surface area (Å²) in [5, 5.41) is 15.8. The normalized spacial score (nSPS) is 14.7. The summed E-state index contributed by atoms with van der Waals surface area (Å²) in [6.45, 7) is 7.49. The van der Waals surface area contributed by atoms with Crippen LogP contribution >= 0.6 is 11.6 Å². The SMILES string of the molecule is Cc1cc(C)cc(NC(=O)N2CCN(Cc3nnnn3-c3ccc(Cl)cc3)CC2)c1. The Balaban J connectivity index is 1.34. The highest BCUT2D eigenvalue weighted by Gasteiger charge is 2.23. The van der Waals surface area contributed by atoms with E-state index in [-0.39, 0.29) is 6.03 Å². The summed E-state index contributed by atoms with van der Waals surface area (Å²) in [5.41, 5.74) is 3.97. The summed E-state index contributed by atoms with van der Waals surface area (Å²) in [6.07, 6.45) is 0. The van der Waals surface area contributed by atoms with E-state index in [1.807, 2.05) is 55.1 Å². The van der Waals surface area contributed by atoms with Crippen molar-refractivity contribution >= 4 is 23.3 Å². The van der Waals surface area contributed by atoms with Crippen LogP contribution in [-0.4, -0.2) is 62.2 Å². The fourth-order valence-electron chi connectivity index (χ4n) is 3.65. The van der Waals surface area contributed by atoms with Crippen LogP contribution in [0, 0.1) is 13.8 Å². The molecule has 1 saturated heterocycles. The second kappa shape index (κ2) is 8.81. The monoisotopic (exact) mass is 425 g/mol. The van der Waals surface area contributed by atoms with Crippen LogP contribution in [0.2, 0.25) is 5.02 Å². The number of piperazine rings is 1. The number of carbonyl (C=O) groups excluding carboxylic acids is 1. The Morgan fingerprint density at radius 1 is 1.03 bits per heavy atom. The molecule has 0 radical (unpaired) electrons. The summed E-state index contributed by atoms with van der Waals surface area (Å²) in [5.74, 6) is 0.755. The van der Waals surface area contributed by atoms with Crippen LogP contribution in [0.1, 0.15) is 17.0 Å². The van der Waals surface area contributed by atoms with E-state index in [0.717, 1.165) is 41.4 Å². The summed E-state index contributed by atoms with van der Waals surface area (Å²) in [4.78, 5) is 16.7. The summed E-state index contributed by atoms with van der Waals surface area (Å²) < 4.78 is 1.72. The maximum Gasteiger partial charge on any atom is 0.321 e. The minimum Gasteiger partial charge on any atom is -0.322 e. The van der Waals surface area contributed by atoms with E-state index in [4.69, 9.17) is 11.6 Å². The topological polar surface area (TPSA) is 79.2 Å². The van der Waals surface area contributed by atoms with Crippen molar-refractivity contribution in [2.75, 3.05) is 31.5 Å². The second-order valence-electron chi connectivity index (χ2n) is 7.55. The first kappa shape index (κ1) is 20.3. The number of aryl methyl sites for hydroxylation is 2. The third kappa shape index (κ3) is 4.77. The lowest BCUT2D eigenvalue weighted by Crippen LogP contribution is -2.49. The zero-order valence-electron chi connectivity index (χ0n) is 17.0. The van der Waals surface area contributed by atoms with E-state index in [0.29, 0.717) is 24.7 Å². The molecule has 0 saturated carbocycles. The maximum absolute atomic E-state index is 12.6. The molecule has 0 unspecified atom stereocenters. The van der Waals surface area contributed by atoms with Crippen molar-refractivity contribution in [1.29, 1.82) is 0 Å². The van der Waals surface area contributed by atoms with E-state index in [1.54, 1.807) is 4.68 Å². The van der Waals surface area contributed by atoms with Crippen LogP contribution in [0.15, 0.2) is 42.5 Å². The number of halogens is 1. The fourth-order valence-corrected chi connectivity index (χ4v) is 3.77. The van der Waals surface area contributed by atoms with Gasteiger partial charge >= 0.3 is 6.03 Å². The van der Waals surface area contributed by atoms with Gasteiger partial charge < -0.3 is 10.2 Å². The van der Waals surface area contributed by atoms with E-state index in [9.17, 15) is 4.79 Å². The van der Waals surface area contributed by atoms with E-state index < -0.39 is 0 Å². The Hall–Kier alpha value is -2.97. The molecule has 4 rings (SSSR count). The number of urea groups is 1. The lowest BCUT2D eigenvalue weighted by Gasteiger charge is -2.34. The number of amides is 2. The first-order chi connectivity index (χ1) is 14.5. The molecule has 30 heavy (non-hydrogen) atoms. The van der Waals surface area contributed by atoms with Crippen LogP contribution < -0.4 is 5.32 Å². The Morgan fingerprint density at radius 3 is 2.37 bits per heavy atom. The largest absolute Gasteiger partial charge is 0.322 e. The molecule has 0 aliphatic carbocycles. The summed E-state index contributed by atoms with van der Waals surface area (Å²) in [6, 6.07) is 13.4. The Labute approximate surface area is 180 Å². The van der Waals surface area contributed by atoms with Crippen LogP contribution in [0.5, 0.6) is 0 Å². The molecule has 8 nitrogen and oxygen atoms in total. The number of hydrogen-bond acceptors (Lipinski definition) is 5. The van der Waals surface area contributed by atoms with Crippen LogP contribution in [0.4, 0.5) is 10.5 Å². The predicted octanol–water partition coefficient (Wildman–Crippen LogP) is 3.28. The third-order valence-electron chi connectivity index (χ3n) is 5.10. The van der Waals surface area contributed by atoms with Crippen LogP contribution in [0.3, 0.4) is 0 Å². The molecule has 156 valence electrons. The Bertz CT molecular complexity index is 1010. The van der Waals surface area contributed by atoms with Crippen LogP contribution in [-0.2, 0) is 6.54 Å². The van der Waals surface area contributed by atoms with Gasteiger partial charge in [-0.1, -0.05) is 17.7 Å². The fraction of sp³-hybridized carbons (Fsp3) is 0.333. The first-order valence-electron chi connectivity index (χ1n) is 9.88. The van der Waals surface area contributed by atoms with Crippen LogP contribution in [0.25, 0.3) is 5.69 Å². The third-order valence-corrected chi connectivity index (χ3v) is 5.35. The average Bonchev–Trinajstić information content (AvgIpc) is 3.16. The van der Waals surface area contributed by atoms with Crippen molar-refractivity contribution in [3.63, 3.8) is 0 Å². The van der Waals surface area contributed by atoms with Crippen molar-refractivity contribution in [2.24, 2.45) is 0 Å². The van der Waals surface area contributed by atoms with Crippen molar-refractivity contribution in [3.05, 3.63) is 64.4 Å². The molecule has 2 amide bonds. The van der Waals surface area contributed by atoms with Crippen molar-refractivity contribution in [2.45, 2.75) is 20.4 Å². The number of benzene rings is 2. The molecule has 1 aliphatic rings. The van der Waals surface area contributed by atoms with Crippen molar-refractivity contribution < 1.29 is 4.79 Å². The molecule has 0 bridgehead atoms. The number of tetrazole rings is 1. The van der Waals surface area contributed by atoms with Gasteiger partial charge in [-0.2, -0.15) is 4.68 Å². The number of nitrogens with one attached hydrogen (secondary N) is 1. The van der Waals surface area contributed by atoms with E-state index in [2.05, 4.69) is 31.8 Å². The molecular weight excluding hydrogens is 402 g/mol. The molecule has 2 heterocycles. The number of anilines is 1. The minimum atomic E-state index is -0.0642. The number of rotatable bonds is 4. The highest BCUT2D eigenvalue weighted by Crippen LogP contribution is 2.17. The first-order valence-corrected chi connectivity index (χ1v) is 10.3. The average molecular weight is 426 g/mol. The van der Waals surface area contributed by atoms with Gasteiger partial charge in [-0.05, 0) is 71.8 Å². The molecule has 0 atom stereocenters. The highest BCUT2D eigenvalue weighted by molar-refractivity contribution is 6.30. The van der Waals surface area contributed by atoms with Gasteiger partial charge in [0.15, 0.2) is 5.82 Å². The summed E-state index contributed by atoms with van der Waals surface area (Å²) >= 11 is 5.97. The zero-order valence-corrected chi connectivity index (χ0v) is 17.8. The predicted molar refractivity (Wildman–Crippen MR) is 116 cm³/mol. The molecule has 1 aliphatic heterocycles. The smallest absolute Gasteiger partial charge is 0.321 e. The van der Waals surface area contributed by atoms with Gasteiger partial charge in [0.1, 0.15) is 0 Å². The molecule has 3 aromatic rings. The van der Waals surface area contributed by atoms with Gasteiger partial charge in [0.25, 0.3) is 0 Å². The molecule has 0 spiro atoms. The molecule has 2 aromatic carbocycles. The number of hydrogen-bond donors (Lipinski definition) is 1. The zero-order chi connectivity index (χ0) is 21.1. The van der Waals surface area contributed by atoms with Crippen molar-refractivity contribution in [1.82, 2.24) is 30.0 Å². The minimum absolute atomic E-state index is 0.0642. The van der Waals surface area contributed by atoms with E-state index >= 15 is 0 Å². The highest BCUT2D eigenvalue weighted by atomic mass is 35.5. The van der Waals surface area contributed by atoms with Gasteiger partial charge in [0, 0.05) is 36.9 Å². The Morgan fingerprint density at radius 2 is 1.70 bits per heavy atom. The lowest BCUT2D eigenvalue weighted by molar-refractivity contribution is 0.140. The lowest BCUT2D eigenvalue weighted by atomic mass is 10.1.